The van der Waals surface area contributed by atoms with E-state index in [1.807, 2.05) is 0 Å². The van der Waals surface area contributed by atoms with Crippen molar-refractivity contribution in [2.24, 2.45) is 5.92 Å². The van der Waals surface area contributed by atoms with Gasteiger partial charge in [-0.1, -0.05) is 0 Å². The monoisotopic (exact) mass is 239 g/mol. The van der Waals surface area contributed by atoms with Crippen LogP contribution in [0.5, 0.6) is 0 Å². The van der Waals surface area contributed by atoms with Crippen LogP contribution in [0.2, 0.25) is 0 Å². The van der Waals surface area contributed by atoms with Crippen molar-refractivity contribution in [1.29, 1.82) is 0 Å². The van der Waals surface area contributed by atoms with Gasteiger partial charge in [0, 0.05) is 26.1 Å². The summed E-state index contributed by atoms with van der Waals surface area (Å²) < 4.78 is 10.7. The maximum absolute atomic E-state index is 10.4. The van der Waals surface area contributed by atoms with Crippen molar-refractivity contribution in [2.45, 2.75) is 32.1 Å². The van der Waals surface area contributed by atoms with Crippen LogP contribution in [0.25, 0.3) is 0 Å². The van der Waals surface area contributed by atoms with Crippen molar-refractivity contribution in [3.63, 3.8) is 0 Å². The van der Waals surface area contributed by atoms with Gasteiger partial charge < -0.3 is 14.3 Å². The van der Waals surface area contributed by atoms with E-state index in [2.05, 4.69) is 4.98 Å². The van der Waals surface area contributed by atoms with Gasteiger partial charge in [0.25, 0.3) is 0 Å². The van der Waals surface area contributed by atoms with Crippen LogP contribution in [0.15, 0.2) is 10.7 Å². The van der Waals surface area contributed by atoms with Gasteiger partial charge in [0.05, 0.1) is 12.1 Å². The molecule has 0 radical (unpaired) electrons. The lowest BCUT2D eigenvalue weighted by Crippen LogP contribution is -2.19. The maximum atomic E-state index is 10.4. The Labute approximate surface area is 99.8 Å². The Bertz CT molecular complexity index is 368. The summed E-state index contributed by atoms with van der Waals surface area (Å²) in [6.45, 7) is 1.62. The van der Waals surface area contributed by atoms with Gasteiger partial charge in [-0.05, 0) is 18.8 Å². The van der Waals surface area contributed by atoms with Gasteiger partial charge in [0.2, 0.25) is 0 Å². The third kappa shape index (κ3) is 3.85. The van der Waals surface area contributed by atoms with Gasteiger partial charge in [-0.2, -0.15) is 0 Å². The molecule has 1 atom stereocenters. The summed E-state index contributed by atoms with van der Waals surface area (Å²) in [5.74, 6) is 0.367. The first-order valence-corrected chi connectivity index (χ1v) is 5.97. The van der Waals surface area contributed by atoms with Gasteiger partial charge in [-0.3, -0.25) is 4.79 Å². The third-order valence-corrected chi connectivity index (χ3v) is 2.91. The first kappa shape index (κ1) is 12.1. The van der Waals surface area contributed by atoms with Gasteiger partial charge >= 0.3 is 5.97 Å². The quantitative estimate of drug-likeness (QED) is 0.846. The fraction of sp³-hybridized carbons (Fsp3) is 0.667. The molecule has 1 aliphatic rings. The predicted octanol–water partition coefficient (Wildman–Crippen LogP) is 1.66. The summed E-state index contributed by atoms with van der Waals surface area (Å²) in [6, 6.07) is 0. The molecule has 94 valence electrons. The van der Waals surface area contributed by atoms with E-state index in [1.165, 1.54) is 0 Å². The molecule has 1 aromatic rings. The fourth-order valence-corrected chi connectivity index (χ4v) is 2.01. The molecule has 1 aromatic heterocycles. The molecule has 1 aliphatic heterocycles. The van der Waals surface area contributed by atoms with E-state index in [1.54, 1.807) is 6.26 Å². The number of oxazole rings is 1. The minimum atomic E-state index is -0.810. The fourth-order valence-electron chi connectivity index (χ4n) is 2.01. The summed E-state index contributed by atoms with van der Waals surface area (Å²) >= 11 is 0. The zero-order chi connectivity index (χ0) is 12.1. The number of carboxylic acids is 1. The Morgan fingerprint density at radius 2 is 2.47 bits per heavy atom. The van der Waals surface area contributed by atoms with Crippen LogP contribution >= 0.6 is 0 Å². The van der Waals surface area contributed by atoms with Crippen LogP contribution in [0.3, 0.4) is 0 Å². The SMILES string of the molecule is O=C(O)CCc1coc(CC2CCCOC2)n1. The zero-order valence-corrected chi connectivity index (χ0v) is 9.72. The second-order valence-electron chi connectivity index (χ2n) is 4.41. The molecule has 0 aromatic carbocycles. The summed E-state index contributed by atoms with van der Waals surface area (Å²) in [4.78, 5) is 14.7. The molecular formula is C12H17NO4. The molecule has 0 bridgehead atoms. The molecule has 1 unspecified atom stereocenters. The largest absolute Gasteiger partial charge is 0.481 e. The zero-order valence-electron chi connectivity index (χ0n) is 9.72. The standard InChI is InChI=1S/C12H17NO4/c14-12(15)4-3-10-8-17-11(13-10)6-9-2-1-5-16-7-9/h8-9H,1-7H2,(H,14,15). The highest BCUT2D eigenvalue weighted by Gasteiger charge is 2.17. The van der Waals surface area contributed by atoms with Gasteiger partial charge in [-0.25, -0.2) is 4.98 Å². The van der Waals surface area contributed by atoms with E-state index in [9.17, 15) is 4.79 Å². The Balaban J connectivity index is 1.82. The van der Waals surface area contributed by atoms with Crippen molar-refractivity contribution >= 4 is 5.97 Å². The molecular weight excluding hydrogens is 222 g/mol. The van der Waals surface area contributed by atoms with E-state index in [4.69, 9.17) is 14.3 Å². The highest BCUT2D eigenvalue weighted by Crippen LogP contribution is 2.18. The maximum Gasteiger partial charge on any atom is 0.303 e. The van der Waals surface area contributed by atoms with E-state index in [0.717, 1.165) is 38.2 Å². The lowest BCUT2D eigenvalue weighted by atomic mass is 9.99. The number of aromatic nitrogens is 1. The first-order valence-electron chi connectivity index (χ1n) is 5.97. The Kier molecular flexibility index (Phi) is 4.14. The molecule has 17 heavy (non-hydrogen) atoms. The Hall–Kier alpha value is -1.36. The van der Waals surface area contributed by atoms with E-state index in [0.29, 0.717) is 18.2 Å². The van der Waals surface area contributed by atoms with Crippen LogP contribution in [-0.4, -0.2) is 29.3 Å². The topological polar surface area (TPSA) is 72.6 Å². The van der Waals surface area contributed by atoms with E-state index < -0.39 is 5.97 Å². The van der Waals surface area contributed by atoms with Gasteiger partial charge in [-0.15, -0.1) is 0 Å². The number of aryl methyl sites for hydroxylation is 1. The van der Waals surface area contributed by atoms with Crippen LogP contribution in [0.4, 0.5) is 0 Å². The number of ether oxygens (including phenoxy) is 1. The molecule has 1 saturated heterocycles. The molecule has 5 nitrogen and oxygen atoms in total. The van der Waals surface area contributed by atoms with E-state index in [-0.39, 0.29) is 6.42 Å². The van der Waals surface area contributed by atoms with Crippen molar-refractivity contribution in [1.82, 2.24) is 4.98 Å². The van der Waals surface area contributed by atoms with Gasteiger partial charge in [0.15, 0.2) is 5.89 Å². The number of hydrogen-bond acceptors (Lipinski definition) is 4. The van der Waals surface area contributed by atoms with Crippen LogP contribution in [-0.2, 0) is 22.4 Å². The van der Waals surface area contributed by atoms with Gasteiger partial charge in [0.1, 0.15) is 6.26 Å². The normalized spacial score (nSPS) is 20.4. The number of rotatable bonds is 5. The van der Waals surface area contributed by atoms with E-state index >= 15 is 0 Å². The highest BCUT2D eigenvalue weighted by molar-refractivity contribution is 5.66. The van der Waals surface area contributed by atoms with Crippen LogP contribution in [0, 0.1) is 5.92 Å². The molecule has 0 amide bonds. The molecule has 1 N–H and O–H groups in total. The first-order chi connectivity index (χ1) is 8.24. The summed E-state index contributed by atoms with van der Waals surface area (Å²) in [5.41, 5.74) is 0.721. The average Bonchev–Trinajstić information content (AvgIpc) is 2.75. The number of carboxylic acid groups (broad SMARTS) is 1. The minimum absolute atomic E-state index is 0.0957. The number of aliphatic carboxylic acids is 1. The van der Waals surface area contributed by atoms with Crippen molar-refractivity contribution in [3.05, 3.63) is 17.8 Å². The Morgan fingerprint density at radius 1 is 1.59 bits per heavy atom. The average molecular weight is 239 g/mol. The molecule has 5 heteroatoms. The minimum Gasteiger partial charge on any atom is -0.481 e. The molecule has 0 spiro atoms. The molecule has 2 heterocycles. The second kappa shape index (κ2) is 5.82. The number of hydrogen-bond donors (Lipinski definition) is 1. The molecule has 1 fully saturated rings. The lowest BCUT2D eigenvalue weighted by Gasteiger charge is -2.20. The smallest absolute Gasteiger partial charge is 0.303 e. The second-order valence-corrected chi connectivity index (χ2v) is 4.41. The van der Waals surface area contributed by atoms with Crippen molar-refractivity contribution in [2.75, 3.05) is 13.2 Å². The molecule has 0 saturated carbocycles. The summed E-state index contributed by atoms with van der Waals surface area (Å²) in [6.07, 6.45) is 5.11. The highest BCUT2D eigenvalue weighted by atomic mass is 16.5. The molecule has 0 aliphatic carbocycles. The lowest BCUT2D eigenvalue weighted by molar-refractivity contribution is -0.136. The van der Waals surface area contributed by atoms with Crippen LogP contribution < -0.4 is 0 Å². The third-order valence-electron chi connectivity index (χ3n) is 2.91. The van der Waals surface area contributed by atoms with Crippen molar-refractivity contribution in [3.8, 4) is 0 Å². The van der Waals surface area contributed by atoms with Crippen LogP contribution in [0.1, 0.15) is 30.8 Å². The Morgan fingerprint density at radius 3 is 3.18 bits per heavy atom. The number of carbonyl (C=O) groups is 1. The van der Waals surface area contributed by atoms with Crippen molar-refractivity contribution < 1.29 is 19.1 Å². The molecule has 2 rings (SSSR count). The predicted molar refractivity (Wildman–Crippen MR) is 59.7 cm³/mol. The summed E-state index contributed by atoms with van der Waals surface area (Å²) in [5, 5.41) is 8.57. The number of nitrogens with zero attached hydrogens (tertiary/aromatic N) is 1. The summed E-state index contributed by atoms with van der Waals surface area (Å²) in [7, 11) is 0.